The van der Waals surface area contributed by atoms with E-state index in [-0.39, 0.29) is 29.6 Å². The fourth-order valence-corrected chi connectivity index (χ4v) is 3.41. The third-order valence-corrected chi connectivity index (χ3v) is 5.02. The fourth-order valence-electron chi connectivity index (χ4n) is 3.41. The Labute approximate surface area is 246 Å². The standard InChI is InChI=1S/C24H41.Na.2H3O3PS/c1-3-5-7-9-11-13-15-18-23-20-17-21-24(22-23)19-16-14-12-10-8-6-4-2;;2*1-4(2,3)5/h17,20-21H,3-16,18-19H2,1-2H3;;2*(H3,1,2,3,5)/q-1;+1;;. The molecule has 1 rings (SSSR count). The van der Waals surface area contributed by atoms with Crippen LogP contribution in [0.3, 0.4) is 0 Å². The Balaban J connectivity index is -0.000000784. The van der Waals surface area contributed by atoms with E-state index in [1.165, 1.54) is 114 Å². The second kappa shape index (κ2) is 26.8. The molecule has 0 bridgehead atoms. The minimum atomic E-state index is -3.94. The van der Waals surface area contributed by atoms with Gasteiger partial charge >= 0.3 is 43.1 Å². The first-order chi connectivity index (χ1) is 15.9. The number of aryl methyl sites for hydroxylation is 2. The van der Waals surface area contributed by atoms with Crippen LogP contribution in [0, 0.1) is 6.07 Å². The number of hydrogen-bond acceptors (Lipinski definition) is 2. The average Bonchev–Trinajstić information content (AvgIpc) is 2.70. The minimum absolute atomic E-state index is 0. The van der Waals surface area contributed by atoms with Crippen LogP contribution in [0.25, 0.3) is 0 Å². The zero-order chi connectivity index (χ0) is 26.3. The molecule has 0 aliphatic rings. The molecular formula is C24H47NaO6P2S2. The van der Waals surface area contributed by atoms with E-state index in [2.05, 4.69) is 62.2 Å². The molecule has 0 spiro atoms. The summed E-state index contributed by atoms with van der Waals surface area (Å²) in [5.41, 5.74) is 2.87. The molecule has 0 saturated carbocycles. The molecule has 0 amide bonds. The smallest absolute Gasteiger partial charge is 0.325 e. The molecule has 5 N–H and O–H groups in total. The molecule has 1 aromatic carbocycles. The van der Waals surface area contributed by atoms with Gasteiger partial charge in [-0.15, -0.1) is 0 Å². The molecule has 6 nitrogen and oxygen atoms in total. The summed E-state index contributed by atoms with van der Waals surface area (Å²) in [5, 5.41) is 0. The summed E-state index contributed by atoms with van der Waals surface area (Å²) in [6, 6.07) is 10.4. The summed E-state index contributed by atoms with van der Waals surface area (Å²) in [4.78, 5) is 37.7. The Morgan fingerprint density at radius 1 is 0.714 bits per heavy atom. The number of benzene rings is 1. The van der Waals surface area contributed by atoms with Crippen LogP contribution in [-0.2, 0) is 29.2 Å². The van der Waals surface area contributed by atoms with Gasteiger partial charge in [0.15, 0.2) is 0 Å². The van der Waals surface area contributed by atoms with Gasteiger partial charge in [-0.2, -0.15) is 35.4 Å². The van der Waals surface area contributed by atoms with Crippen molar-refractivity contribution in [2.45, 2.75) is 117 Å². The third kappa shape index (κ3) is 45.6. The van der Waals surface area contributed by atoms with Gasteiger partial charge in [0.25, 0.3) is 0 Å². The van der Waals surface area contributed by atoms with Crippen LogP contribution in [-0.4, -0.2) is 24.5 Å². The van der Waals surface area contributed by atoms with Gasteiger partial charge in [0.2, 0.25) is 0 Å². The predicted octanol–water partition coefficient (Wildman–Crippen LogP) is 4.27. The first-order valence-corrected chi connectivity index (χ1v) is 17.9. The van der Waals surface area contributed by atoms with Gasteiger partial charge in [0.05, 0.1) is 0 Å². The average molecular weight is 581 g/mol. The van der Waals surface area contributed by atoms with Crippen molar-refractivity contribution in [1.29, 1.82) is 0 Å². The monoisotopic (exact) mass is 580 g/mol. The maximum absolute atomic E-state index is 9.19. The molecule has 0 saturated heterocycles. The molecule has 0 atom stereocenters. The van der Waals surface area contributed by atoms with Crippen molar-refractivity contribution in [3.63, 3.8) is 0 Å². The van der Waals surface area contributed by atoms with E-state index >= 15 is 0 Å². The van der Waals surface area contributed by atoms with E-state index < -0.39 is 13.5 Å². The molecule has 0 heterocycles. The summed E-state index contributed by atoms with van der Waals surface area (Å²) in [6.45, 7) is -3.18. The minimum Gasteiger partial charge on any atom is -0.325 e. The van der Waals surface area contributed by atoms with Gasteiger partial charge in [0, 0.05) is 0 Å². The van der Waals surface area contributed by atoms with Gasteiger partial charge in [0.1, 0.15) is 0 Å². The number of unbranched alkanes of at least 4 members (excludes halogenated alkanes) is 12. The normalized spacial score (nSPS) is 11.0. The first-order valence-electron chi connectivity index (χ1n) is 12.4. The Morgan fingerprint density at radius 3 is 1.26 bits per heavy atom. The van der Waals surface area contributed by atoms with Crippen LogP contribution < -0.4 is 29.6 Å². The Morgan fingerprint density at radius 2 is 0.971 bits per heavy atom. The van der Waals surface area contributed by atoms with E-state index in [1.807, 2.05) is 0 Å². The van der Waals surface area contributed by atoms with Crippen LogP contribution in [0.4, 0.5) is 0 Å². The zero-order valence-corrected chi connectivity index (χ0v) is 27.4. The number of rotatable bonds is 16. The van der Waals surface area contributed by atoms with Crippen molar-refractivity contribution >= 4 is 37.6 Å². The molecule has 11 heteroatoms. The van der Waals surface area contributed by atoms with Gasteiger partial charge in [-0.05, 0) is 11.8 Å². The van der Waals surface area contributed by atoms with Gasteiger partial charge in [-0.1, -0.05) is 129 Å². The van der Waals surface area contributed by atoms with Gasteiger partial charge < -0.3 is 24.5 Å². The quantitative estimate of drug-likeness (QED) is 0.0568. The van der Waals surface area contributed by atoms with E-state index in [0.29, 0.717) is 0 Å². The molecule has 35 heavy (non-hydrogen) atoms. The molecular weight excluding hydrogens is 533 g/mol. The summed E-state index contributed by atoms with van der Waals surface area (Å²) < 4.78 is 9.19. The van der Waals surface area contributed by atoms with Crippen molar-refractivity contribution in [1.82, 2.24) is 0 Å². The summed E-state index contributed by atoms with van der Waals surface area (Å²) in [5.74, 6) is 0. The SMILES string of the molecule is CCCCCCCCCc1[c-]c(CCCCCCCCC)ccc1.O=P(O)(O)S.OP(O)(O)=S.[Na+]. The van der Waals surface area contributed by atoms with E-state index in [9.17, 15) is 4.57 Å². The van der Waals surface area contributed by atoms with Crippen LogP contribution in [0.1, 0.15) is 115 Å². The first kappa shape index (κ1) is 40.7. The van der Waals surface area contributed by atoms with Crippen LogP contribution in [0.5, 0.6) is 0 Å². The second-order valence-corrected chi connectivity index (χ2v) is 13.6. The van der Waals surface area contributed by atoms with Crippen molar-refractivity contribution in [2.75, 3.05) is 0 Å². The largest absolute Gasteiger partial charge is 1.00 e. The molecule has 202 valence electrons. The topological polar surface area (TPSA) is 118 Å². The summed E-state index contributed by atoms with van der Waals surface area (Å²) in [7, 11) is 0. The van der Waals surface area contributed by atoms with Gasteiger partial charge in [-0.3, -0.25) is 0 Å². The van der Waals surface area contributed by atoms with Crippen LogP contribution in [0.15, 0.2) is 18.2 Å². The predicted molar refractivity (Wildman–Crippen MR) is 151 cm³/mol. The maximum Gasteiger partial charge on any atom is 1.00 e. The van der Waals surface area contributed by atoms with Crippen molar-refractivity contribution in [3.05, 3.63) is 35.4 Å². The second-order valence-electron chi connectivity index (χ2n) is 8.47. The van der Waals surface area contributed by atoms with Gasteiger partial charge in [-0.25, -0.2) is 4.57 Å². The molecule has 0 unspecified atom stereocenters. The number of thiol groups is 1. The van der Waals surface area contributed by atoms with Crippen molar-refractivity contribution in [2.24, 2.45) is 0 Å². The molecule has 0 fully saturated rings. The molecule has 0 aromatic heterocycles. The number of hydrogen-bond donors (Lipinski definition) is 6. The Bertz CT molecular complexity index is 616. The van der Waals surface area contributed by atoms with Crippen LogP contribution in [0.2, 0.25) is 0 Å². The van der Waals surface area contributed by atoms with E-state index in [4.69, 9.17) is 24.5 Å². The summed E-state index contributed by atoms with van der Waals surface area (Å²) in [6.07, 6.45) is 21.9. The van der Waals surface area contributed by atoms with Crippen molar-refractivity contribution in [3.8, 4) is 0 Å². The van der Waals surface area contributed by atoms with E-state index in [1.54, 1.807) is 0 Å². The molecule has 0 radical (unpaired) electrons. The fraction of sp³-hybridized carbons (Fsp3) is 0.750. The van der Waals surface area contributed by atoms with Crippen LogP contribution >= 0.6 is 25.8 Å². The molecule has 1 aromatic rings. The molecule has 0 aliphatic carbocycles. The summed E-state index contributed by atoms with van der Waals surface area (Å²) >= 11 is 6.39. The Kier molecular flexibility index (Phi) is 31.2. The van der Waals surface area contributed by atoms with Crippen molar-refractivity contribution < 1.29 is 58.6 Å². The Hall–Kier alpha value is 1.25. The maximum atomic E-state index is 9.19. The zero-order valence-electron chi connectivity index (χ0n) is 21.9. The van der Waals surface area contributed by atoms with E-state index in [0.717, 1.165) is 0 Å². The molecule has 0 aliphatic heterocycles. The third-order valence-electron chi connectivity index (χ3n) is 5.02.